The van der Waals surface area contributed by atoms with Gasteiger partial charge in [0.05, 0.1) is 24.7 Å². The van der Waals surface area contributed by atoms with E-state index in [0.29, 0.717) is 12.8 Å². The summed E-state index contributed by atoms with van der Waals surface area (Å²) in [5, 5.41) is 0. The lowest BCUT2D eigenvalue weighted by molar-refractivity contribution is -0.150. The van der Waals surface area contributed by atoms with Crippen LogP contribution in [0.1, 0.15) is 26.2 Å². The topological polar surface area (TPSA) is 69.7 Å². The molecule has 19 heavy (non-hydrogen) atoms. The van der Waals surface area contributed by atoms with E-state index in [9.17, 15) is 14.4 Å². The molecule has 0 heterocycles. The maximum absolute atomic E-state index is 11.9. The van der Waals surface area contributed by atoms with Crippen molar-refractivity contribution in [1.29, 1.82) is 0 Å². The van der Waals surface area contributed by atoms with Crippen LogP contribution in [-0.2, 0) is 23.9 Å². The summed E-state index contributed by atoms with van der Waals surface area (Å²) in [6, 6.07) is 0. The fourth-order valence-electron chi connectivity index (χ4n) is 2.15. The van der Waals surface area contributed by atoms with E-state index in [1.165, 1.54) is 13.2 Å². The second-order valence-electron chi connectivity index (χ2n) is 4.34. The van der Waals surface area contributed by atoms with E-state index in [2.05, 4.69) is 6.58 Å². The number of Topliss-reactive ketones (excluding diaryl/α,β-unsaturated/α-hetero) is 1. The third-order valence-electron chi connectivity index (χ3n) is 3.12. The summed E-state index contributed by atoms with van der Waals surface area (Å²) in [6.07, 6.45) is 3.70. The molecule has 0 aromatic heterocycles. The minimum absolute atomic E-state index is 0.0691. The van der Waals surface area contributed by atoms with Crippen LogP contribution >= 0.6 is 0 Å². The van der Waals surface area contributed by atoms with Gasteiger partial charge in [0, 0.05) is 6.42 Å². The molecule has 5 nitrogen and oxygen atoms in total. The Balaban J connectivity index is 3.19. The number of esters is 2. The van der Waals surface area contributed by atoms with Crippen LogP contribution in [0.15, 0.2) is 24.3 Å². The first-order chi connectivity index (χ1) is 9.00. The molecule has 104 valence electrons. The Hall–Kier alpha value is -1.91. The Morgan fingerprint density at radius 3 is 2.74 bits per heavy atom. The van der Waals surface area contributed by atoms with Crippen molar-refractivity contribution in [3.63, 3.8) is 0 Å². The van der Waals surface area contributed by atoms with Gasteiger partial charge < -0.3 is 9.47 Å². The Kier molecular flexibility index (Phi) is 5.03. The first-order valence-corrected chi connectivity index (χ1v) is 6.13. The van der Waals surface area contributed by atoms with E-state index in [-0.39, 0.29) is 24.4 Å². The van der Waals surface area contributed by atoms with Crippen LogP contribution < -0.4 is 0 Å². The molecule has 1 aliphatic rings. The maximum atomic E-state index is 11.9. The maximum Gasteiger partial charge on any atom is 0.341 e. The van der Waals surface area contributed by atoms with E-state index < -0.39 is 17.4 Å². The number of hydrogen-bond donors (Lipinski definition) is 0. The molecule has 0 unspecified atom stereocenters. The molecular weight excluding hydrogens is 248 g/mol. The number of carbonyl (C=O) groups is 3. The molecule has 1 aliphatic carbocycles. The summed E-state index contributed by atoms with van der Waals surface area (Å²) < 4.78 is 9.60. The van der Waals surface area contributed by atoms with E-state index >= 15 is 0 Å². The van der Waals surface area contributed by atoms with Crippen molar-refractivity contribution in [2.45, 2.75) is 26.2 Å². The monoisotopic (exact) mass is 266 g/mol. The highest BCUT2D eigenvalue weighted by Gasteiger charge is 2.42. The smallest absolute Gasteiger partial charge is 0.341 e. The summed E-state index contributed by atoms with van der Waals surface area (Å²) >= 11 is 0. The molecule has 5 heteroatoms. The van der Waals surface area contributed by atoms with E-state index in [4.69, 9.17) is 9.47 Å². The van der Waals surface area contributed by atoms with Gasteiger partial charge in [-0.2, -0.15) is 0 Å². The molecule has 0 N–H and O–H groups in total. The molecule has 0 radical (unpaired) electrons. The van der Waals surface area contributed by atoms with E-state index in [0.717, 1.165) is 0 Å². The summed E-state index contributed by atoms with van der Waals surface area (Å²) in [6.45, 7) is 5.44. The highest BCUT2D eigenvalue weighted by atomic mass is 16.5. The van der Waals surface area contributed by atoms with Crippen LogP contribution in [0.2, 0.25) is 0 Å². The van der Waals surface area contributed by atoms with Crippen LogP contribution in [-0.4, -0.2) is 31.4 Å². The molecule has 0 spiro atoms. The fourth-order valence-corrected chi connectivity index (χ4v) is 2.15. The highest BCUT2D eigenvalue weighted by Crippen LogP contribution is 2.37. The minimum atomic E-state index is -0.994. The normalized spacial score (nSPS) is 22.4. The van der Waals surface area contributed by atoms with Gasteiger partial charge in [0.15, 0.2) is 5.78 Å². The van der Waals surface area contributed by atoms with Crippen molar-refractivity contribution in [2.75, 3.05) is 13.7 Å². The lowest BCUT2D eigenvalue weighted by atomic mass is 9.73. The molecule has 0 saturated carbocycles. The van der Waals surface area contributed by atoms with Crippen molar-refractivity contribution in [3.05, 3.63) is 24.3 Å². The van der Waals surface area contributed by atoms with Crippen LogP contribution in [0.4, 0.5) is 0 Å². The average molecular weight is 266 g/mol. The molecule has 0 aromatic rings. The molecule has 1 rings (SSSR count). The summed E-state index contributed by atoms with van der Waals surface area (Å²) in [4.78, 5) is 35.4. The zero-order valence-corrected chi connectivity index (χ0v) is 11.2. The van der Waals surface area contributed by atoms with Gasteiger partial charge in [-0.05, 0) is 25.8 Å². The fraction of sp³-hybridized carbons (Fsp3) is 0.500. The molecular formula is C14H18O5. The lowest BCUT2D eigenvalue weighted by Crippen LogP contribution is -2.36. The van der Waals surface area contributed by atoms with Gasteiger partial charge in [0.2, 0.25) is 0 Å². The third kappa shape index (κ3) is 3.10. The third-order valence-corrected chi connectivity index (χ3v) is 3.12. The van der Waals surface area contributed by atoms with Gasteiger partial charge in [-0.15, -0.1) is 6.58 Å². The number of allylic oxidation sites excluding steroid dienone is 1. The van der Waals surface area contributed by atoms with Crippen LogP contribution in [0.25, 0.3) is 0 Å². The average Bonchev–Trinajstić information content (AvgIpc) is 2.40. The second kappa shape index (κ2) is 6.31. The van der Waals surface area contributed by atoms with Gasteiger partial charge >= 0.3 is 11.9 Å². The van der Waals surface area contributed by atoms with Crippen molar-refractivity contribution < 1.29 is 23.9 Å². The number of carbonyl (C=O) groups excluding carboxylic acids is 3. The largest absolute Gasteiger partial charge is 0.468 e. The number of methoxy groups -OCH3 is 1. The molecule has 0 saturated heterocycles. The van der Waals surface area contributed by atoms with Crippen molar-refractivity contribution in [1.82, 2.24) is 0 Å². The zero-order valence-electron chi connectivity index (χ0n) is 11.2. The van der Waals surface area contributed by atoms with Gasteiger partial charge in [0.25, 0.3) is 0 Å². The van der Waals surface area contributed by atoms with E-state index in [1.54, 1.807) is 13.0 Å². The first-order valence-electron chi connectivity index (χ1n) is 6.13. The number of rotatable bonds is 5. The zero-order chi connectivity index (χ0) is 14.5. The van der Waals surface area contributed by atoms with Crippen LogP contribution in [0.5, 0.6) is 0 Å². The Labute approximate surface area is 112 Å². The lowest BCUT2D eigenvalue weighted by Gasteiger charge is -2.30. The molecule has 0 fully saturated rings. The predicted molar refractivity (Wildman–Crippen MR) is 68.2 cm³/mol. The SMILES string of the molecule is C=CC[C@@]1(C(=O)OC)C=C(C(=O)OCC)C(=O)CC1. The van der Waals surface area contributed by atoms with Crippen LogP contribution in [0.3, 0.4) is 0 Å². The van der Waals surface area contributed by atoms with Crippen molar-refractivity contribution in [3.8, 4) is 0 Å². The first kappa shape index (κ1) is 15.1. The molecule has 0 amide bonds. The molecule has 0 aliphatic heterocycles. The molecule has 0 bridgehead atoms. The number of hydrogen-bond acceptors (Lipinski definition) is 5. The van der Waals surface area contributed by atoms with Crippen LogP contribution in [0, 0.1) is 5.41 Å². The van der Waals surface area contributed by atoms with Gasteiger partial charge in [-0.25, -0.2) is 4.79 Å². The molecule has 1 atom stereocenters. The van der Waals surface area contributed by atoms with Gasteiger partial charge in [-0.1, -0.05) is 6.08 Å². The second-order valence-corrected chi connectivity index (χ2v) is 4.34. The van der Waals surface area contributed by atoms with Gasteiger partial charge in [0.1, 0.15) is 0 Å². The predicted octanol–water partition coefficient (Wildman–Crippen LogP) is 1.57. The molecule has 0 aromatic carbocycles. The Bertz CT molecular complexity index is 435. The summed E-state index contributed by atoms with van der Waals surface area (Å²) in [5.41, 5.74) is -1.06. The van der Waals surface area contributed by atoms with Crippen molar-refractivity contribution >= 4 is 17.7 Å². The highest BCUT2D eigenvalue weighted by molar-refractivity contribution is 6.18. The summed E-state index contributed by atoms with van der Waals surface area (Å²) in [5.74, 6) is -1.46. The number of ketones is 1. The van der Waals surface area contributed by atoms with E-state index in [1.807, 2.05) is 0 Å². The quantitative estimate of drug-likeness (QED) is 0.429. The Morgan fingerprint density at radius 1 is 1.53 bits per heavy atom. The number of ether oxygens (including phenoxy) is 2. The summed E-state index contributed by atoms with van der Waals surface area (Å²) in [7, 11) is 1.28. The Morgan fingerprint density at radius 2 is 2.21 bits per heavy atom. The minimum Gasteiger partial charge on any atom is -0.468 e. The van der Waals surface area contributed by atoms with Crippen molar-refractivity contribution in [2.24, 2.45) is 5.41 Å². The van der Waals surface area contributed by atoms with Gasteiger partial charge in [-0.3, -0.25) is 9.59 Å². The standard InChI is InChI=1S/C14H18O5/c1-4-7-14(13(17)18-3)8-6-11(15)10(9-14)12(16)19-5-2/h4,9H,1,5-8H2,2-3H3/t14-/m0/s1.